The molecule has 0 amide bonds. The number of piperidine rings is 1. The quantitative estimate of drug-likeness (QED) is 0.368. The summed E-state index contributed by atoms with van der Waals surface area (Å²) in [5.41, 5.74) is 0. The van der Waals surface area contributed by atoms with Gasteiger partial charge in [0.25, 0.3) is 0 Å². The summed E-state index contributed by atoms with van der Waals surface area (Å²) in [6.07, 6.45) is 2.39. The first-order valence-electron chi connectivity index (χ1n) is 7.82. The number of hydrogen-bond donors (Lipinski definition) is 1. The lowest BCUT2D eigenvalue weighted by Gasteiger charge is -2.21. The van der Waals surface area contributed by atoms with Crippen LogP contribution < -0.4 is 10.2 Å². The van der Waals surface area contributed by atoms with Gasteiger partial charge in [0.15, 0.2) is 5.75 Å². The summed E-state index contributed by atoms with van der Waals surface area (Å²) in [5, 5.41) is 3.77. The smallest absolute Gasteiger partial charge is 0.383 e. The van der Waals surface area contributed by atoms with Gasteiger partial charge in [-0.1, -0.05) is 24.6 Å². The zero-order valence-electron chi connectivity index (χ0n) is 13.4. The van der Waals surface area contributed by atoms with Crippen molar-refractivity contribution in [2.75, 3.05) is 13.1 Å². The number of esters is 2. The normalized spacial score (nSPS) is 17.2. The summed E-state index contributed by atoms with van der Waals surface area (Å²) in [4.78, 5) is 45.3. The zero-order valence-corrected chi connectivity index (χ0v) is 13.4. The molecule has 1 fully saturated rings. The van der Waals surface area contributed by atoms with E-state index in [9.17, 15) is 14.4 Å². The highest BCUT2D eigenvalue weighted by Gasteiger charge is 2.29. The fourth-order valence-corrected chi connectivity index (χ4v) is 2.13. The molecule has 0 aromatic heterocycles. The number of rotatable bonds is 5. The lowest BCUT2D eigenvalue weighted by Crippen LogP contribution is -2.43. The lowest BCUT2D eigenvalue weighted by molar-refractivity contribution is -0.293. The van der Waals surface area contributed by atoms with Crippen LogP contribution in [-0.4, -0.2) is 42.3 Å². The van der Waals surface area contributed by atoms with Crippen LogP contribution in [-0.2, 0) is 24.0 Å². The molecule has 1 aliphatic heterocycles. The maximum Gasteiger partial charge on any atom is 0.439 e. The Bertz CT molecular complexity index is 571. The minimum Gasteiger partial charge on any atom is -0.383 e. The van der Waals surface area contributed by atoms with Crippen molar-refractivity contribution in [2.24, 2.45) is 0 Å². The van der Waals surface area contributed by atoms with Gasteiger partial charge in [0.1, 0.15) is 6.04 Å². The molecule has 0 saturated carbocycles. The number of carbonyl (C=O) groups is 3. The van der Waals surface area contributed by atoms with E-state index in [-0.39, 0.29) is 6.54 Å². The van der Waals surface area contributed by atoms with Gasteiger partial charge < -0.3 is 19.7 Å². The summed E-state index contributed by atoms with van der Waals surface area (Å²) in [7, 11) is 0. The van der Waals surface area contributed by atoms with E-state index >= 15 is 0 Å². The number of nitrogens with zero attached hydrogens (tertiary/aromatic N) is 1. The van der Waals surface area contributed by atoms with Crippen molar-refractivity contribution in [3.63, 3.8) is 0 Å². The Morgan fingerprint density at radius 3 is 2.54 bits per heavy atom. The van der Waals surface area contributed by atoms with E-state index in [2.05, 4.69) is 10.1 Å². The van der Waals surface area contributed by atoms with Crippen molar-refractivity contribution in [2.45, 2.75) is 32.2 Å². The van der Waals surface area contributed by atoms with Gasteiger partial charge in [-0.25, -0.2) is 14.4 Å². The number of hydroxylamine groups is 2. The molecule has 0 spiro atoms. The van der Waals surface area contributed by atoms with Gasteiger partial charge >= 0.3 is 17.9 Å². The van der Waals surface area contributed by atoms with Crippen LogP contribution in [0.1, 0.15) is 26.2 Å². The number of nitrogens with one attached hydrogen (secondary N) is 1. The molecule has 0 bridgehead atoms. The minimum absolute atomic E-state index is 0.173. The van der Waals surface area contributed by atoms with Crippen LogP contribution in [0.4, 0.5) is 0 Å². The van der Waals surface area contributed by atoms with E-state index in [4.69, 9.17) is 9.68 Å². The second kappa shape index (κ2) is 8.99. The van der Waals surface area contributed by atoms with Crippen LogP contribution in [0.25, 0.3) is 0 Å². The predicted octanol–water partition coefficient (Wildman–Crippen LogP) is 0.972. The zero-order chi connectivity index (χ0) is 17.4. The molecule has 1 heterocycles. The SMILES string of the molecule is CCN(OC(=O)C(=O)OC(=O)[C@H]1CCCCN1)Oc1ccccc1. The molecule has 24 heavy (non-hydrogen) atoms. The van der Waals surface area contributed by atoms with Gasteiger partial charge in [0.2, 0.25) is 0 Å². The molecule has 1 N–H and O–H groups in total. The molecule has 1 saturated heterocycles. The predicted molar refractivity (Wildman–Crippen MR) is 82.3 cm³/mol. The third kappa shape index (κ3) is 5.32. The Kier molecular flexibility index (Phi) is 6.71. The van der Waals surface area contributed by atoms with Gasteiger partial charge in [-0.3, -0.25) is 0 Å². The monoisotopic (exact) mass is 336 g/mol. The van der Waals surface area contributed by atoms with E-state index in [1.807, 2.05) is 0 Å². The van der Waals surface area contributed by atoms with E-state index in [0.717, 1.165) is 18.1 Å². The molecule has 1 atom stereocenters. The highest BCUT2D eigenvalue weighted by molar-refractivity contribution is 6.31. The second-order valence-corrected chi connectivity index (χ2v) is 5.14. The first kappa shape index (κ1) is 17.9. The number of benzene rings is 1. The fourth-order valence-electron chi connectivity index (χ4n) is 2.13. The summed E-state index contributed by atoms with van der Waals surface area (Å²) in [5.74, 6) is -3.04. The summed E-state index contributed by atoms with van der Waals surface area (Å²) < 4.78 is 4.55. The average Bonchev–Trinajstić information content (AvgIpc) is 2.62. The van der Waals surface area contributed by atoms with Crippen LogP contribution in [0.3, 0.4) is 0 Å². The van der Waals surface area contributed by atoms with Crippen molar-refractivity contribution in [1.82, 2.24) is 10.5 Å². The number of hydrogen-bond acceptors (Lipinski definition) is 8. The van der Waals surface area contributed by atoms with Crippen molar-refractivity contribution >= 4 is 17.9 Å². The topological polar surface area (TPSA) is 94.2 Å². The molecule has 0 radical (unpaired) electrons. The third-order valence-corrected chi connectivity index (χ3v) is 3.35. The molecule has 2 rings (SSSR count). The van der Waals surface area contributed by atoms with Crippen molar-refractivity contribution in [3.8, 4) is 5.75 Å². The molecule has 8 nitrogen and oxygen atoms in total. The molecule has 0 unspecified atom stereocenters. The number of ether oxygens (including phenoxy) is 1. The average molecular weight is 336 g/mol. The van der Waals surface area contributed by atoms with E-state index in [0.29, 0.717) is 18.7 Å². The molecule has 0 aliphatic carbocycles. The molecule has 1 aliphatic rings. The maximum atomic E-state index is 11.8. The van der Waals surface area contributed by atoms with Crippen LogP contribution in [0.5, 0.6) is 5.75 Å². The Hall–Kier alpha value is -2.45. The third-order valence-electron chi connectivity index (χ3n) is 3.35. The van der Waals surface area contributed by atoms with Crippen molar-refractivity contribution in [1.29, 1.82) is 0 Å². The van der Waals surface area contributed by atoms with Crippen LogP contribution in [0, 0.1) is 0 Å². The highest BCUT2D eigenvalue weighted by atomic mass is 17.0. The van der Waals surface area contributed by atoms with E-state index in [1.54, 1.807) is 37.3 Å². The van der Waals surface area contributed by atoms with Crippen LogP contribution in [0.15, 0.2) is 30.3 Å². The van der Waals surface area contributed by atoms with Crippen molar-refractivity contribution in [3.05, 3.63) is 30.3 Å². The van der Waals surface area contributed by atoms with Gasteiger partial charge in [0.05, 0.1) is 6.54 Å². The standard InChI is InChI=1S/C16H20N2O6/c1-2-18(23-12-8-4-3-5-9-12)24-16(21)15(20)22-14(19)13-10-6-7-11-17-13/h3-5,8-9,13,17H,2,6-7,10-11H2,1H3/t13-/m1/s1. The summed E-state index contributed by atoms with van der Waals surface area (Å²) >= 11 is 0. The molecular formula is C16H20N2O6. The number of para-hydroxylation sites is 1. The molecule has 8 heteroatoms. The fraction of sp³-hybridized carbons (Fsp3) is 0.438. The molecule has 1 aromatic rings. The van der Waals surface area contributed by atoms with Gasteiger partial charge in [-0.05, 0) is 38.4 Å². The Morgan fingerprint density at radius 2 is 1.92 bits per heavy atom. The minimum atomic E-state index is -1.37. The first-order chi connectivity index (χ1) is 11.6. The van der Waals surface area contributed by atoms with E-state index < -0.39 is 23.9 Å². The molecular weight excluding hydrogens is 316 g/mol. The van der Waals surface area contributed by atoms with E-state index in [1.165, 1.54) is 0 Å². The lowest BCUT2D eigenvalue weighted by atomic mass is 10.1. The van der Waals surface area contributed by atoms with Gasteiger partial charge in [0, 0.05) is 5.23 Å². The Morgan fingerprint density at radius 1 is 1.17 bits per heavy atom. The second-order valence-electron chi connectivity index (χ2n) is 5.14. The summed E-state index contributed by atoms with van der Waals surface area (Å²) in [6, 6.07) is 8.04. The Labute approximate surface area is 139 Å². The largest absolute Gasteiger partial charge is 0.439 e. The van der Waals surface area contributed by atoms with Gasteiger partial charge in [-0.2, -0.15) is 0 Å². The first-order valence-corrected chi connectivity index (χ1v) is 7.82. The summed E-state index contributed by atoms with van der Waals surface area (Å²) in [6.45, 7) is 2.51. The van der Waals surface area contributed by atoms with Crippen LogP contribution in [0.2, 0.25) is 0 Å². The maximum absolute atomic E-state index is 11.8. The van der Waals surface area contributed by atoms with Crippen LogP contribution >= 0.6 is 0 Å². The Balaban J connectivity index is 1.83. The van der Waals surface area contributed by atoms with Crippen molar-refractivity contribution < 1.29 is 28.8 Å². The number of carbonyl (C=O) groups excluding carboxylic acids is 3. The molecule has 130 valence electrons. The van der Waals surface area contributed by atoms with Gasteiger partial charge in [-0.15, -0.1) is 0 Å². The highest BCUT2D eigenvalue weighted by Crippen LogP contribution is 2.11. The molecule has 1 aromatic carbocycles.